The Labute approximate surface area is 155 Å². The predicted octanol–water partition coefficient (Wildman–Crippen LogP) is 3.53. The topological polar surface area (TPSA) is 50.4 Å². The Morgan fingerprint density at radius 3 is 2.69 bits per heavy atom. The summed E-state index contributed by atoms with van der Waals surface area (Å²) >= 11 is 5.78. The highest BCUT2D eigenvalue weighted by Gasteiger charge is 2.36. The van der Waals surface area contributed by atoms with Crippen molar-refractivity contribution >= 4 is 17.5 Å². The number of benzene rings is 1. The highest BCUT2D eigenvalue weighted by atomic mass is 35.5. The van der Waals surface area contributed by atoms with Crippen LogP contribution in [0.1, 0.15) is 42.5 Å². The third kappa shape index (κ3) is 5.34. The highest BCUT2D eigenvalue weighted by molar-refractivity contribution is 6.31. The fourth-order valence-corrected chi connectivity index (χ4v) is 3.70. The summed E-state index contributed by atoms with van der Waals surface area (Å²) in [6.45, 7) is 0.0137. The molecule has 0 spiro atoms. The second-order valence-corrected chi connectivity index (χ2v) is 7.51. The number of amides is 1. The lowest BCUT2D eigenvalue weighted by molar-refractivity contribution is -0.142. The van der Waals surface area contributed by atoms with Gasteiger partial charge in [0.25, 0.3) is 11.8 Å². The molecule has 4 nitrogen and oxygen atoms in total. The number of hydrogen-bond donors (Lipinski definition) is 2. The predicted molar refractivity (Wildman–Crippen MR) is 92.2 cm³/mol. The van der Waals surface area contributed by atoms with E-state index in [9.17, 15) is 18.0 Å². The van der Waals surface area contributed by atoms with Crippen LogP contribution < -0.4 is 10.6 Å². The number of ether oxygens (including phenoxy) is 1. The van der Waals surface area contributed by atoms with Gasteiger partial charge in [-0.1, -0.05) is 11.6 Å². The maximum Gasteiger partial charge on any atom is 0.271 e. The average molecular weight is 391 g/mol. The molecule has 2 aliphatic rings. The van der Waals surface area contributed by atoms with Crippen molar-refractivity contribution in [1.82, 2.24) is 10.6 Å². The van der Waals surface area contributed by atoms with E-state index in [1.54, 1.807) is 0 Å². The van der Waals surface area contributed by atoms with Crippen LogP contribution in [0.2, 0.25) is 5.02 Å². The first-order chi connectivity index (χ1) is 12.3. The van der Waals surface area contributed by atoms with Crippen molar-refractivity contribution in [1.29, 1.82) is 0 Å². The summed E-state index contributed by atoms with van der Waals surface area (Å²) in [5.41, 5.74) is 0.197. The van der Waals surface area contributed by atoms with E-state index in [4.69, 9.17) is 16.3 Å². The normalized spacial score (nSPS) is 28.1. The average Bonchev–Trinajstić information content (AvgIpc) is 3.00. The molecule has 8 heteroatoms. The summed E-state index contributed by atoms with van der Waals surface area (Å²) in [6.07, 6.45) is 2.41. The quantitative estimate of drug-likeness (QED) is 0.808. The molecule has 1 aromatic rings. The van der Waals surface area contributed by atoms with Crippen molar-refractivity contribution in [3.63, 3.8) is 0 Å². The van der Waals surface area contributed by atoms with Crippen molar-refractivity contribution in [2.45, 2.75) is 56.2 Å². The minimum Gasteiger partial charge on any atom is -0.371 e. The zero-order valence-corrected chi connectivity index (χ0v) is 15.0. The van der Waals surface area contributed by atoms with Gasteiger partial charge in [0, 0.05) is 35.6 Å². The van der Waals surface area contributed by atoms with Crippen molar-refractivity contribution in [3.05, 3.63) is 34.6 Å². The first kappa shape index (κ1) is 19.5. The van der Waals surface area contributed by atoms with Crippen LogP contribution in [0.3, 0.4) is 0 Å². The lowest BCUT2D eigenvalue weighted by atomic mass is 10.1. The fraction of sp³-hybridized carbons (Fsp3) is 0.611. The molecule has 3 rings (SSSR count). The number of rotatable bonds is 5. The smallest absolute Gasteiger partial charge is 0.271 e. The third-order valence-electron chi connectivity index (χ3n) is 4.89. The summed E-state index contributed by atoms with van der Waals surface area (Å²) in [6, 6.07) is 3.92. The first-order valence-electron chi connectivity index (χ1n) is 8.80. The van der Waals surface area contributed by atoms with E-state index < -0.39 is 18.3 Å². The number of carbonyl (C=O) groups is 1. The number of hydrogen-bond acceptors (Lipinski definition) is 3. The minimum absolute atomic E-state index is 0.0151. The van der Waals surface area contributed by atoms with Crippen LogP contribution in [0.15, 0.2) is 18.2 Å². The standard InChI is InChI=1S/C18H22ClF3N2O2/c19-12-5-11(6-13(20)7-12)17(25)24-15-2-1-14(8-15)23-9-16-3-4-18(21,22)10-26-16/h5-7,14-16,23H,1-4,8-10H2,(H,24,25)/t14-,15-,16?/m0/s1. The summed E-state index contributed by atoms with van der Waals surface area (Å²) in [7, 11) is 0. The van der Waals surface area contributed by atoms with E-state index in [1.807, 2.05) is 0 Å². The lowest BCUT2D eigenvalue weighted by Gasteiger charge is -2.29. The van der Waals surface area contributed by atoms with Gasteiger partial charge in [-0.2, -0.15) is 0 Å². The Hall–Kier alpha value is -1.31. The zero-order valence-electron chi connectivity index (χ0n) is 14.2. The summed E-state index contributed by atoms with van der Waals surface area (Å²) in [4.78, 5) is 12.2. The second-order valence-electron chi connectivity index (χ2n) is 7.07. The molecule has 2 fully saturated rings. The molecule has 0 radical (unpaired) electrons. The van der Waals surface area contributed by atoms with Gasteiger partial charge in [0.05, 0.1) is 6.10 Å². The van der Waals surface area contributed by atoms with Crippen LogP contribution in [0.25, 0.3) is 0 Å². The van der Waals surface area contributed by atoms with Crippen LogP contribution in [0, 0.1) is 5.82 Å². The molecule has 1 aliphatic carbocycles. The largest absolute Gasteiger partial charge is 0.371 e. The van der Waals surface area contributed by atoms with Crippen LogP contribution in [0.5, 0.6) is 0 Å². The highest BCUT2D eigenvalue weighted by Crippen LogP contribution is 2.28. The van der Waals surface area contributed by atoms with Crippen molar-refractivity contribution in [2.75, 3.05) is 13.2 Å². The molecule has 2 N–H and O–H groups in total. The Bertz CT molecular complexity index is 629. The molecular formula is C18H22ClF3N2O2. The fourth-order valence-electron chi connectivity index (χ4n) is 3.48. The molecule has 0 bridgehead atoms. The molecule has 1 heterocycles. The minimum atomic E-state index is -2.71. The summed E-state index contributed by atoms with van der Waals surface area (Å²) < 4.78 is 44.7. The number of carbonyl (C=O) groups excluding carboxylic acids is 1. The van der Waals surface area contributed by atoms with E-state index in [1.165, 1.54) is 6.07 Å². The number of nitrogens with one attached hydrogen (secondary N) is 2. The molecule has 0 aromatic heterocycles. The van der Waals surface area contributed by atoms with Crippen LogP contribution >= 0.6 is 11.6 Å². The van der Waals surface area contributed by atoms with Crippen molar-refractivity contribution in [3.8, 4) is 0 Å². The SMILES string of the molecule is O=C(N[C@H]1CC[C@H](NCC2CCC(F)(F)CO2)C1)c1cc(F)cc(Cl)c1. The number of halogens is 4. The molecule has 3 atom stereocenters. The van der Waals surface area contributed by atoms with Gasteiger partial charge in [-0.05, 0) is 43.9 Å². The van der Waals surface area contributed by atoms with Gasteiger partial charge in [-0.3, -0.25) is 4.79 Å². The van der Waals surface area contributed by atoms with Gasteiger partial charge in [-0.15, -0.1) is 0 Å². The molecule has 1 saturated carbocycles. The second kappa shape index (κ2) is 8.15. The maximum absolute atomic E-state index is 13.4. The van der Waals surface area contributed by atoms with Crippen LogP contribution in [-0.2, 0) is 4.74 Å². The Morgan fingerprint density at radius 1 is 1.23 bits per heavy atom. The van der Waals surface area contributed by atoms with E-state index in [2.05, 4.69) is 10.6 Å². The zero-order chi connectivity index (χ0) is 18.7. The molecule has 144 valence electrons. The number of alkyl halides is 2. The third-order valence-corrected chi connectivity index (χ3v) is 5.11. The Morgan fingerprint density at radius 2 is 2.00 bits per heavy atom. The van der Waals surface area contributed by atoms with Crippen LogP contribution in [-0.4, -0.2) is 43.2 Å². The summed E-state index contributed by atoms with van der Waals surface area (Å²) in [5.74, 6) is -3.61. The van der Waals surface area contributed by atoms with E-state index in [0.717, 1.165) is 31.4 Å². The van der Waals surface area contributed by atoms with E-state index in [0.29, 0.717) is 13.0 Å². The van der Waals surface area contributed by atoms with E-state index in [-0.39, 0.29) is 41.1 Å². The van der Waals surface area contributed by atoms with E-state index >= 15 is 0 Å². The monoisotopic (exact) mass is 390 g/mol. The van der Waals surface area contributed by atoms with Gasteiger partial charge in [-0.25, -0.2) is 13.2 Å². The molecule has 1 unspecified atom stereocenters. The lowest BCUT2D eigenvalue weighted by Crippen LogP contribution is -2.42. The Balaban J connectivity index is 1.42. The summed E-state index contributed by atoms with van der Waals surface area (Å²) in [5, 5.41) is 6.41. The van der Waals surface area contributed by atoms with Crippen molar-refractivity contribution < 1.29 is 22.7 Å². The maximum atomic E-state index is 13.4. The van der Waals surface area contributed by atoms with Crippen LogP contribution in [0.4, 0.5) is 13.2 Å². The molecule has 1 amide bonds. The Kier molecular flexibility index (Phi) is 6.10. The van der Waals surface area contributed by atoms with Gasteiger partial charge in [0.1, 0.15) is 12.4 Å². The molecular weight excluding hydrogens is 369 g/mol. The van der Waals surface area contributed by atoms with Gasteiger partial charge < -0.3 is 15.4 Å². The molecule has 1 aliphatic heterocycles. The first-order valence-corrected chi connectivity index (χ1v) is 9.18. The molecule has 1 saturated heterocycles. The molecule has 26 heavy (non-hydrogen) atoms. The van der Waals surface area contributed by atoms with Crippen molar-refractivity contribution in [2.24, 2.45) is 0 Å². The van der Waals surface area contributed by atoms with Gasteiger partial charge >= 0.3 is 0 Å². The van der Waals surface area contributed by atoms with Gasteiger partial charge in [0.2, 0.25) is 0 Å². The van der Waals surface area contributed by atoms with Gasteiger partial charge in [0.15, 0.2) is 0 Å². The molecule has 1 aromatic carbocycles.